The largest absolute Gasteiger partial charge is 0.352 e. The van der Waals surface area contributed by atoms with Crippen molar-refractivity contribution in [2.75, 3.05) is 26.7 Å². The summed E-state index contributed by atoms with van der Waals surface area (Å²) in [7, 11) is 1.81. The number of nitrogens with zero attached hydrogens (tertiary/aromatic N) is 3. The first-order valence-corrected chi connectivity index (χ1v) is 11.2. The molecule has 1 aromatic rings. The fourth-order valence-corrected chi connectivity index (χ4v) is 4.39. The summed E-state index contributed by atoms with van der Waals surface area (Å²) >= 11 is 0. The summed E-state index contributed by atoms with van der Waals surface area (Å²) in [6.07, 6.45) is 5.50. The highest BCUT2D eigenvalue weighted by Crippen LogP contribution is 2.21. The van der Waals surface area contributed by atoms with E-state index < -0.39 is 0 Å². The van der Waals surface area contributed by atoms with Crippen LogP contribution in [0.5, 0.6) is 0 Å². The third-order valence-electron chi connectivity index (χ3n) is 6.29. The Morgan fingerprint density at radius 3 is 2.69 bits per heavy atom. The van der Waals surface area contributed by atoms with Gasteiger partial charge in [0, 0.05) is 51.7 Å². The molecule has 2 N–H and O–H groups in total. The molecule has 2 heterocycles. The van der Waals surface area contributed by atoms with Crippen LogP contribution in [0.2, 0.25) is 0 Å². The van der Waals surface area contributed by atoms with Gasteiger partial charge in [0.05, 0.1) is 0 Å². The lowest BCUT2D eigenvalue weighted by Crippen LogP contribution is -2.44. The Kier molecular flexibility index (Phi) is 7.92. The summed E-state index contributed by atoms with van der Waals surface area (Å²) in [4.78, 5) is 20.8. The number of carbonyl (C=O) groups is 1. The maximum absolute atomic E-state index is 11.9. The van der Waals surface area contributed by atoms with Crippen LogP contribution in [0.3, 0.4) is 0 Å². The number of hydrogen-bond donors (Lipinski definition) is 2. The van der Waals surface area contributed by atoms with Crippen molar-refractivity contribution in [2.24, 2.45) is 4.99 Å². The van der Waals surface area contributed by atoms with Crippen LogP contribution < -0.4 is 10.6 Å². The van der Waals surface area contributed by atoms with Crippen molar-refractivity contribution in [3.63, 3.8) is 0 Å². The molecule has 2 aliphatic heterocycles. The molecule has 1 amide bonds. The van der Waals surface area contributed by atoms with Gasteiger partial charge in [-0.1, -0.05) is 37.6 Å². The molecule has 0 aliphatic carbocycles. The summed E-state index contributed by atoms with van der Waals surface area (Å²) in [5.41, 5.74) is 2.72. The third kappa shape index (κ3) is 5.95. The summed E-state index contributed by atoms with van der Waals surface area (Å²) in [5, 5.41) is 6.96. The van der Waals surface area contributed by atoms with E-state index in [1.165, 1.54) is 36.9 Å². The Morgan fingerprint density at radius 1 is 1.17 bits per heavy atom. The molecule has 0 spiro atoms. The second kappa shape index (κ2) is 10.6. The minimum absolute atomic E-state index is 0.234. The number of likely N-dealkylation sites (tertiary alicyclic amines) is 2. The maximum atomic E-state index is 11.9. The normalized spacial score (nSPS) is 23.3. The molecule has 2 fully saturated rings. The van der Waals surface area contributed by atoms with Crippen molar-refractivity contribution in [1.29, 1.82) is 0 Å². The van der Waals surface area contributed by atoms with E-state index in [0.29, 0.717) is 12.5 Å². The number of rotatable bonds is 6. The van der Waals surface area contributed by atoms with Gasteiger partial charge in [0.2, 0.25) is 5.91 Å². The number of nitrogens with one attached hydrogen (secondary N) is 2. The van der Waals surface area contributed by atoms with E-state index in [9.17, 15) is 4.79 Å². The molecule has 2 aliphatic rings. The highest BCUT2D eigenvalue weighted by atomic mass is 16.2. The van der Waals surface area contributed by atoms with Crippen molar-refractivity contribution >= 4 is 11.9 Å². The lowest BCUT2D eigenvalue weighted by atomic mass is 10.0. The zero-order valence-corrected chi connectivity index (χ0v) is 18.3. The van der Waals surface area contributed by atoms with Gasteiger partial charge < -0.3 is 15.5 Å². The SMILES string of the molecule is CCC(=O)N1CCC(NC(=NC)NCc2ccccc2CN2CCCCC2C)C1. The molecule has 29 heavy (non-hydrogen) atoms. The Hall–Kier alpha value is -2.08. The number of piperidine rings is 1. The Balaban J connectivity index is 1.54. The topological polar surface area (TPSA) is 60.0 Å². The van der Waals surface area contributed by atoms with Gasteiger partial charge in [0.25, 0.3) is 0 Å². The number of carbonyl (C=O) groups excluding carboxylic acids is 1. The fourth-order valence-electron chi connectivity index (χ4n) is 4.39. The first-order valence-electron chi connectivity index (χ1n) is 11.2. The van der Waals surface area contributed by atoms with Crippen LogP contribution in [0.25, 0.3) is 0 Å². The molecule has 0 radical (unpaired) electrons. The summed E-state index contributed by atoms with van der Waals surface area (Å²) in [5.74, 6) is 1.04. The molecule has 2 unspecified atom stereocenters. The third-order valence-corrected chi connectivity index (χ3v) is 6.29. The van der Waals surface area contributed by atoms with Crippen molar-refractivity contribution in [3.05, 3.63) is 35.4 Å². The van der Waals surface area contributed by atoms with Crippen molar-refractivity contribution < 1.29 is 4.79 Å². The van der Waals surface area contributed by atoms with Gasteiger partial charge in [-0.15, -0.1) is 0 Å². The van der Waals surface area contributed by atoms with E-state index in [-0.39, 0.29) is 11.9 Å². The molecule has 0 saturated carbocycles. The van der Waals surface area contributed by atoms with Crippen LogP contribution in [-0.2, 0) is 17.9 Å². The fraction of sp³-hybridized carbons (Fsp3) is 0.652. The Morgan fingerprint density at radius 2 is 1.97 bits per heavy atom. The number of benzene rings is 1. The van der Waals surface area contributed by atoms with Gasteiger partial charge in [-0.05, 0) is 43.9 Å². The van der Waals surface area contributed by atoms with Crippen LogP contribution in [-0.4, -0.2) is 60.4 Å². The van der Waals surface area contributed by atoms with E-state index >= 15 is 0 Å². The average Bonchev–Trinajstić information content (AvgIpc) is 3.21. The smallest absolute Gasteiger partial charge is 0.222 e. The average molecular weight is 400 g/mol. The van der Waals surface area contributed by atoms with E-state index in [0.717, 1.165) is 38.6 Å². The summed E-state index contributed by atoms with van der Waals surface area (Å²) < 4.78 is 0. The number of guanidine groups is 1. The van der Waals surface area contributed by atoms with Gasteiger partial charge >= 0.3 is 0 Å². The van der Waals surface area contributed by atoms with Gasteiger partial charge in [-0.3, -0.25) is 14.7 Å². The summed E-state index contributed by atoms with van der Waals surface area (Å²) in [6, 6.07) is 9.64. The van der Waals surface area contributed by atoms with E-state index in [4.69, 9.17) is 0 Å². The van der Waals surface area contributed by atoms with Crippen molar-refractivity contribution in [1.82, 2.24) is 20.4 Å². The molecule has 6 heteroatoms. The second-order valence-corrected chi connectivity index (χ2v) is 8.33. The number of hydrogen-bond acceptors (Lipinski definition) is 3. The Labute approximate surface area is 175 Å². The minimum atomic E-state index is 0.234. The standard InChI is InChI=1S/C23H37N5O/c1-4-22(29)28-14-12-21(17-28)26-23(24-3)25-15-19-10-5-6-11-20(19)16-27-13-8-7-9-18(27)2/h5-6,10-11,18,21H,4,7-9,12-17H2,1-3H3,(H2,24,25,26). The van der Waals surface area contributed by atoms with Crippen LogP contribution >= 0.6 is 0 Å². The molecule has 1 aromatic carbocycles. The van der Waals surface area contributed by atoms with Gasteiger partial charge in [0.1, 0.15) is 0 Å². The van der Waals surface area contributed by atoms with Gasteiger partial charge in [-0.25, -0.2) is 0 Å². The highest BCUT2D eigenvalue weighted by molar-refractivity contribution is 5.80. The Bertz CT molecular complexity index is 704. The highest BCUT2D eigenvalue weighted by Gasteiger charge is 2.26. The monoisotopic (exact) mass is 399 g/mol. The molecular weight excluding hydrogens is 362 g/mol. The zero-order valence-electron chi connectivity index (χ0n) is 18.3. The second-order valence-electron chi connectivity index (χ2n) is 8.33. The first kappa shape index (κ1) is 21.6. The number of aliphatic imine (C=N–C) groups is 1. The number of amides is 1. The van der Waals surface area contributed by atoms with Gasteiger partial charge in [0.15, 0.2) is 5.96 Å². The summed E-state index contributed by atoms with van der Waals surface area (Å²) in [6.45, 7) is 8.82. The molecule has 3 rings (SSSR count). The minimum Gasteiger partial charge on any atom is -0.352 e. The van der Waals surface area contributed by atoms with Crippen molar-refractivity contribution in [2.45, 2.75) is 71.1 Å². The van der Waals surface area contributed by atoms with Crippen LogP contribution in [0, 0.1) is 0 Å². The molecule has 6 nitrogen and oxygen atoms in total. The van der Waals surface area contributed by atoms with E-state index in [1.54, 1.807) is 7.05 Å². The molecular formula is C23H37N5O. The molecule has 2 atom stereocenters. The lowest BCUT2D eigenvalue weighted by molar-refractivity contribution is -0.129. The molecule has 160 valence electrons. The van der Waals surface area contributed by atoms with Crippen molar-refractivity contribution in [3.8, 4) is 0 Å². The van der Waals surface area contributed by atoms with Crippen LogP contribution in [0.1, 0.15) is 57.1 Å². The maximum Gasteiger partial charge on any atom is 0.222 e. The molecule has 0 aromatic heterocycles. The predicted molar refractivity (Wildman–Crippen MR) is 119 cm³/mol. The quantitative estimate of drug-likeness (QED) is 0.570. The molecule has 0 bridgehead atoms. The zero-order chi connectivity index (χ0) is 20.6. The predicted octanol–water partition coefficient (Wildman–Crippen LogP) is 2.74. The molecule has 2 saturated heterocycles. The first-order chi connectivity index (χ1) is 14.1. The van der Waals surface area contributed by atoms with Crippen LogP contribution in [0.4, 0.5) is 0 Å². The van der Waals surface area contributed by atoms with E-state index in [2.05, 4.69) is 51.7 Å². The van der Waals surface area contributed by atoms with E-state index in [1.807, 2.05) is 11.8 Å². The van der Waals surface area contributed by atoms with Crippen LogP contribution in [0.15, 0.2) is 29.3 Å². The van der Waals surface area contributed by atoms with Gasteiger partial charge in [-0.2, -0.15) is 0 Å². The lowest BCUT2D eigenvalue weighted by Gasteiger charge is -2.33.